The number of hydrogen-bond acceptors (Lipinski definition) is 4. The molecule has 0 aliphatic heterocycles. The largest absolute Gasteiger partial charge is 0.497 e. The van der Waals surface area contributed by atoms with Crippen LogP contribution in [0.3, 0.4) is 0 Å². The van der Waals surface area contributed by atoms with E-state index in [2.05, 4.69) is 36.5 Å². The fourth-order valence-corrected chi connectivity index (χ4v) is 3.64. The molecule has 3 aromatic carbocycles. The van der Waals surface area contributed by atoms with Crippen molar-refractivity contribution in [2.45, 2.75) is 13.8 Å². The van der Waals surface area contributed by atoms with Crippen LogP contribution in [0.2, 0.25) is 0 Å². The molecule has 0 bridgehead atoms. The van der Waals surface area contributed by atoms with E-state index in [1.165, 1.54) is 5.56 Å². The number of carbonyl (C=O) groups excluding carboxylic acids is 1. The van der Waals surface area contributed by atoms with E-state index in [1.54, 1.807) is 32.6 Å². The molecule has 0 saturated carbocycles. The number of fused-ring (bicyclic) bond motifs is 1. The number of rotatable bonds is 6. The summed E-state index contributed by atoms with van der Waals surface area (Å²) in [5, 5.41) is 3.84. The Morgan fingerprint density at radius 2 is 1.78 bits per heavy atom. The highest BCUT2D eigenvalue weighted by Gasteiger charge is 2.15. The minimum absolute atomic E-state index is 0.233. The Balaban J connectivity index is 1.69. The van der Waals surface area contributed by atoms with E-state index < -0.39 is 0 Å². The second-order valence-corrected chi connectivity index (χ2v) is 7.61. The fourth-order valence-electron chi connectivity index (χ4n) is 3.64. The third-order valence-electron chi connectivity index (χ3n) is 5.37. The topological polar surface area (TPSA) is 60.7 Å². The van der Waals surface area contributed by atoms with Crippen LogP contribution in [0.1, 0.15) is 18.1 Å². The molecular weight excluding hydrogens is 402 g/mol. The summed E-state index contributed by atoms with van der Waals surface area (Å²) in [4.78, 5) is 12.6. The highest BCUT2D eigenvalue weighted by atomic mass is 16.5. The Morgan fingerprint density at radius 1 is 1.00 bits per heavy atom. The molecule has 0 radical (unpaired) electrons. The van der Waals surface area contributed by atoms with E-state index in [1.807, 2.05) is 37.3 Å². The summed E-state index contributed by atoms with van der Waals surface area (Å²) in [5.74, 6) is 1.09. The highest BCUT2D eigenvalue weighted by Crippen LogP contribution is 2.37. The van der Waals surface area contributed by atoms with Crippen LogP contribution in [0.5, 0.6) is 11.5 Å². The summed E-state index contributed by atoms with van der Waals surface area (Å²) in [6, 6.07) is 19.4. The molecule has 0 fully saturated rings. The van der Waals surface area contributed by atoms with Crippen LogP contribution in [0.25, 0.3) is 27.7 Å². The Morgan fingerprint density at radius 3 is 2.50 bits per heavy atom. The summed E-state index contributed by atoms with van der Waals surface area (Å²) in [6.45, 7) is 3.95. The molecule has 1 amide bonds. The van der Waals surface area contributed by atoms with Crippen LogP contribution < -0.4 is 14.8 Å². The van der Waals surface area contributed by atoms with E-state index in [0.29, 0.717) is 17.2 Å². The Hall–Kier alpha value is -3.99. The number of ether oxygens (including phenoxy) is 2. The van der Waals surface area contributed by atoms with E-state index in [-0.39, 0.29) is 5.91 Å². The van der Waals surface area contributed by atoms with Gasteiger partial charge in [0.25, 0.3) is 0 Å². The third kappa shape index (κ3) is 4.37. The number of methoxy groups -OCH3 is 2. The Labute approximate surface area is 187 Å². The lowest BCUT2D eigenvalue weighted by Crippen LogP contribution is -2.08. The molecule has 5 heteroatoms. The van der Waals surface area contributed by atoms with E-state index >= 15 is 0 Å². The van der Waals surface area contributed by atoms with Gasteiger partial charge in [-0.15, -0.1) is 0 Å². The molecule has 1 N–H and O–H groups in total. The predicted molar refractivity (Wildman–Crippen MR) is 128 cm³/mol. The summed E-state index contributed by atoms with van der Waals surface area (Å²) >= 11 is 0. The molecule has 1 heterocycles. The van der Waals surface area contributed by atoms with Gasteiger partial charge in [0.15, 0.2) is 0 Å². The summed E-state index contributed by atoms with van der Waals surface area (Å²) in [7, 11) is 3.20. The molecular formula is C27H25NO4. The minimum atomic E-state index is -0.233. The smallest absolute Gasteiger partial charge is 0.248 e. The van der Waals surface area contributed by atoms with Gasteiger partial charge in [-0.3, -0.25) is 4.79 Å². The molecule has 5 nitrogen and oxygen atoms in total. The quantitative estimate of drug-likeness (QED) is 0.358. The van der Waals surface area contributed by atoms with Crippen LogP contribution in [-0.4, -0.2) is 20.1 Å². The molecule has 4 aromatic rings. The standard InChI is InChI=1S/C27H25NO4/c1-17-8-10-19(11-9-17)24-16-32-26-15-25(31-4)22(14-23(24)26)18(2)12-27(29)28-20-6-5-7-21(13-20)30-3/h5-16H,1-4H3,(H,28,29)/b18-12+. The van der Waals surface area contributed by atoms with Gasteiger partial charge in [0.05, 0.1) is 20.5 Å². The summed E-state index contributed by atoms with van der Waals surface area (Å²) in [5.41, 5.74) is 6.27. The summed E-state index contributed by atoms with van der Waals surface area (Å²) in [6.07, 6.45) is 3.32. The van der Waals surface area contributed by atoms with Gasteiger partial charge < -0.3 is 19.2 Å². The first kappa shape index (κ1) is 21.2. The minimum Gasteiger partial charge on any atom is -0.497 e. The monoisotopic (exact) mass is 427 g/mol. The van der Waals surface area contributed by atoms with Gasteiger partial charge in [-0.2, -0.15) is 0 Å². The first-order chi connectivity index (χ1) is 15.5. The maximum atomic E-state index is 12.6. The van der Waals surface area contributed by atoms with Gasteiger partial charge in [0.1, 0.15) is 17.1 Å². The van der Waals surface area contributed by atoms with Crippen LogP contribution in [0.15, 0.2) is 77.4 Å². The number of aryl methyl sites for hydroxylation is 1. The van der Waals surface area contributed by atoms with E-state index in [4.69, 9.17) is 13.9 Å². The van der Waals surface area contributed by atoms with Crippen molar-refractivity contribution < 1.29 is 18.7 Å². The van der Waals surface area contributed by atoms with Gasteiger partial charge in [-0.1, -0.05) is 35.9 Å². The maximum absolute atomic E-state index is 12.6. The molecule has 0 saturated heterocycles. The van der Waals surface area contributed by atoms with Crippen molar-refractivity contribution in [3.05, 3.63) is 84.1 Å². The molecule has 0 unspecified atom stereocenters. The van der Waals surface area contributed by atoms with Gasteiger partial charge >= 0.3 is 0 Å². The number of nitrogens with one attached hydrogen (secondary N) is 1. The van der Waals surface area contributed by atoms with Gasteiger partial charge in [0.2, 0.25) is 5.91 Å². The van der Waals surface area contributed by atoms with Crippen LogP contribution >= 0.6 is 0 Å². The second-order valence-electron chi connectivity index (χ2n) is 7.61. The van der Waals surface area contributed by atoms with Crippen molar-refractivity contribution in [3.8, 4) is 22.6 Å². The molecule has 0 aliphatic carbocycles. The van der Waals surface area contributed by atoms with Crippen LogP contribution in [0.4, 0.5) is 5.69 Å². The molecule has 0 atom stereocenters. The second kappa shape index (κ2) is 9.02. The zero-order chi connectivity index (χ0) is 22.7. The number of carbonyl (C=O) groups is 1. The molecule has 1 aromatic heterocycles. The van der Waals surface area contributed by atoms with Gasteiger partial charge in [0, 0.05) is 40.4 Å². The van der Waals surface area contributed by atoms with Crippen molar-refractivity contribution in [3.63, 3.8) is 0 Å². The average Bonchev–Trinajstić information content (AvgIpc) is 3.21. The lowest BCUT2D eigenvalue weighted by atomic mass is 9.99. The molecule has 0 aliphatic rings. The zero-order valence-electron chi connectivity index (χ0n) is 18.6. The first-order valence-corrected chi connectivity index (χ1v) is 10.3. The number of benzene rings is 3. The lowest BCUT2D eigenvalue weighted by Gasteiger charge is -2.10. The molecule has 4 rings (SSSR count). The van der Waals surface area contributed by atoms with E-state index in [0.717, 1.165) is 33.2 Å². The molecule has 0 spiro atoms. The highest BCUT2D eigenvalue weighted by molar-refractivity contribution is 6.05. The van der Waals surface area contributed by atoms with Crippen molar-refractivity contribution in [1.82, 2.24) is 0 Å². The van der Waals surface area contributed by atoms with Crippen molar-refractivity contribution in [2.75, 3.05) is 19.5 Å². The molecule has 32 heavy (non-hydrogen) atoms. The maximum Gasteiger partial charge on any atom is 0.248 e. The van der Waals surface area contributed by atoms with Gasteiger partial charge in [-0.05, 0) is 43.2 Å². The Kier molecular flexibility index (Phi) is 5.99. The number of anilines is 1. The SMILES string of the molecule is COc1cccc(NC(=O)/C=C(\C)c2cc3c(-c4ccc(C)cc4)coc3cc2OC)c1. The number of furan rings is 1. The Bertz CT molecular complexity index is 1300. The summed E-state index contributed by atoms with van der Waals surface area (Å²) < 4.78 is 16.6. The van der Waals surface area contributed by atoms with Crippen molar-refractivity contribution in [2.24, 2.45) is 0 Å². The average molecular weight is 428 g/mol. The van der Waals surface area contributed by atoms with Crippen LogP contribution in [0, 0.1) is 6.92 Å². The number of hydrogen-bond donors (Lipinski definition) is 1. The van der Waals surface area contributed by atoms with Gasteiger partial charge in [-0.25, -0.2) is 0 Å². The predicted octanol–water partition coefficient (Wildman–Crippen LogP) is 6.47. The first-order valence-electron chi connectivity index (χ1n) is 10.3. The lowest BCUT2D eigenvalue weighted by molar-refractivity contribution is -0.111. The van der Waals surface area contributed by atoms with Crippen molar-refractivity contribution >= 4 is 28.1 Å². The fraction of sp³-hybridized carbons (Fsp3) is 0.148. The number of amides is 1. The van der Waals surface area contributed by atoms with E-state index in [9.17, 15) is 4.79 Å². The zero-order valence-corrected chi connectivity index (χ0v) is 18.6. The normalized spacial score (nSPS) is 11.4. The van der Waals surface area contributed by atoms with Crippen molar-refractivity contribution in [1.29, 1.82) is 0 Å². The third-order valence-corrected chi connectivity index (χ3v) is 5.37. The number of allylic oxidation sites excluding steroid dienone is 1. The van der Waals surface area contributed by atoms with Crippen LogP contribution in [-0.2, 0) is 4.79 Å². The molecule has 162 valence electrons.